The molecule has 0 radical (unpaired) electrons. The van der Waals surface area contributed by atoms with Gasteiger partial charge in [-0.2, -0.15) is 0 Å². The molecule has 0 fully saturated rings. The average molecular weight is 368 g/mol. The van der Waals surface area contributed by atoms with Gasteiger partial charge in [-0.3, -0.25) is 14.2 Å². The van der Waals surface area contributed by atoms with Gasteiger partial charge in [-0.05, 0) is 24.3 Å². The van der Waals surface area contributed by atoms with Crippen LogP contribution in [0.5, 0.6) is 0 Å². The predicted octanol–water partition coefficient (Wildman–Crippen LogP) is 3.79. The van der Waals surface area contributed by atoms with Crippen molar-refractivity contribution >= 4 is 50.9 Å². The number of hydrogen-bond acceptors (Lipinski definition) is 4. The van der Waals surface area contributed by atoms with Crippen LogP contribution in [0.25, 0.3) is 27.6 Å². The van der Waals surface area contributed by atoms with Gasteiger partial charge in [0, 0.05) is 5.39 Å². The number of para-hydroxylation sites is 1. The molecule has 2 aromatic heterocycles. The summed E-state index contributed by atoms with van der Waals surface area (Å²) >= 11 is 12.2. The Morgan fingerprint density at radius 2 is 1.76 bits per heavy atom. The molecule has 0 spiro atoms. The molecule has 120 valence electrons. The fourth-order valence-electron chi connectivity index (χ4n) is 3.15. The van der Waals surface area contributed by atoms with Crippen molar-refractivity contribution in [3.63, 3.8) is 0 Å². The minimum absolute atomic E-state index is 0.000511. The van der Waals surface area contributed by atoms with Gasteiger partial charge >= 0.3 is 0 Å². The third kappa shape index (κ3) is 1.85. The molecule has 2 aromatic carbocycles. The Hall–Kier alpha value is -2.76. The quantitative estimate of drug-likeness (QED) is 0.390. The van der Waals surface area contributed by atoms with Crippen molar-refractivity contribution in [3.05, 3.63) is 74.3 Å². The minimum atomic E-state index is -0.434. The number of halogens is 2. The van der Waals surface area contributed by atoms with E-state index < -0.39 is 5.78 Å². The third-order valence-corrected chi connectivity index (χ3v) is 5.11. The largest absolute Gasteiger partial charge is 0.285 e. The SMILES string of the molecule is O=C1c2c(ccc(Cl)c2Cl)-n2c1nc1nc3ccccc3cc1c2=O. The number of hydrogen-bond donors (Lipinski definition) is 0. The van der Waals surface area contributed by atoms with Gasteiger partial charge in [-0.1, -0.05) is 41.4 Å². The summed E-state index contributed by atoms with van der Waals surface area (Å²) in [6.45, 7) is 0. The number of rotatable bonds is 0. The van der Waals surface area contributed by atoms with E-state index in [2.05, 4.69) is 9.97 Å². The Morgan fingerprint density at radius 3 is 2.60 bits per heavy atom. The molecule has 0 unspecified atom stereocenters. The number of aromatic nitrogens is 3. The van der Waals surface area contributed by atoms with Gasteiger partial charge in [-0.25, -0.2) is 9.97 Å². The van der Waals surface area contributed by atoms with Gasteiger partial charge in [0.2, 0.25) is 5.78 Å². The Morgan fingerprint density at radius 1 is 0.960 bits per heavy atom. The molecule has 4 aromatic rings. The van der Waals surface area contributed by atoms with Crippen LogP contribution in [0, 0.1) is 0 Å². The summed E-state index contributed by atoms with van der Waals surface area (Å²) in [4.78, 5) is 34.5. The zero-order valence-corrected chi connectivity index (χ0v) is 14.0. The molecule has 0 N–H and O–H groups in total. The van der Waals surface area contributed by atoms with E-state index in [0.717, 1.165) is 5.39 Å². The van der Waals surface area contributed by atoms with Crippen LogP contribution in [0.4, 0.5) is 0 Å². The lowest BCUT2D eigenvalue weighted by Gasteiger charge is -2.06. The molecule has 0 saturated heterocycles. The van der Waals surface area contributed by atoms with Crippen LogP contribution in [-0.2, 0) is 0 Å². The fourth-order valence-corrected chi connectivity index (χ4v) is 3.55. The molecule has 1 aliphatic rings. The first kappa shape index (κ1) is 14.6. The number of nitrogens with zero attached hydrogens (tertiary/aromatic N) is 3. The molecule has 0 atom stereocenters. The summed E-state index contributed by atoms with van der Waals surface area (Å²) < 4.78 is 1.28. The van der Waals surface area contributed by atoms with Crippen molar-refractivity contribution in [3.8, 4) is 5.69 Å². The number of ketones is 1. The van der Waals surface area contributed by atoms with Gasteiger partial charge in [0.15, 0.2) is 11.5 Å². The number of carbonyl (C=O) groups excluding carboxylic acids is 1. The first-order valence-corrected chi connectivity index (χ1v) is 8.17. The van der Waals surface area contributed by atoms with E-state index >= 15 is 0 Å². The number of fused-ring (bicyclic) bond motifs is 5. The van der Waals surface area contributed by atoms with E-state index in [9.17, 15) is 9.59 Å². The summed E-state index contributed by atoms with van der Waals surface area (Å²) in [5.41, 5.74) is 1.17. The average Bonchev–Trinajstić information content (AvgIpc) is 2.90. The topological polar surface area (TPSA) is 64.8 Å². The molecular formula is C18H7Cl2N3O2. The maximum absolute atomic E-state index is 13.0. The van der Waals surface area contributed by atoms with Gasteiger partial charge in [0.05, 0.1) is 32.2 Å². The standard InChI is InChI=1S/C18H7Cl2N3O2/c19-10-5-6-12-13(14(10)20)15(24)17-22-16-9(18(25)23(12)17)7-8-3-1-2-4-11(8)21-16/h1-7H. The van der Waals surface area contributed by atoms with Crippen molar-refractivity contribution in [2.45, 2.75) is 0 Å². The first-order valence-electron chi connectivity index (χ1n) is 7.42. The Kier molecular flexibility index (Phi) is 2.84. The van der Waals surface area contributed by atoms with Gasteiger partial charge in [0.1, 0.15) is 0 Å². The molecule has 3 heterocycles. The van der Waals surface area contributed by atoms with Crippen molar-refractivity contribution in [1.82, 2.24) is 14.5 Å². The second-order valence-corrected chi connectivity index (χ2v) is 6.50. The Labute approximate surface area is 150 Å². The van der Waals surface area contributed by atoms with Crippen LogP contribution >= 0.6 is 23.2 Å². The maximum atomic E-state index is 13.0. The molecular weight excluding hydrogens is 361 g/mol. The number of carbonyl (C=O) groups is 1. The second-order valence-electron chi connectivity index (χ2n) is 5.71. The Balaban J connectivity index is 1.95. The minimum Gasteiger partial charge on any atom is -0.285 e. The summed E-state index contributed by atoms with van der Waals surface area (Å²) in [5, 5.41) is 1.54. The molecule has 7 heteroatoms. The van der Waals surface area contributed by atoms with Crippen LogP contribution in [0.1, 0.15) is 16.2 Å². The van der Waals surface area contributed by atoms with Gasteiger partial charge in [-0.15, -0.1) is 0 Å². The van der Waals surface area contributed by atoms with Crippen molar-refractivity contribution < 1.29 is 4.79 Å². The predicted molar refractivity (Wildman–Crippen MR) is 96.1 cm³/mol. The number of benzene rings is 2. The van der Waals surface area contributed by atoms with Crippen LogP contribution in [0.3, 0.4) is 0 Å². The Bertz CT molecular complexity index is 1310. The first-order chi connectivity index (χ1) is 12.1. The highest BCUT2D eigenvalue weighted by molar-refractivity contribution is 6.45. The van der Waals surface area contributed by atoms with Gasteiger partial charge in [0.25, 0.3) is 5.56 Å². The molecule has 0 aliphatic carbocycles. The van der Waals surface area contributed by atoms with E-state index in [1.54, 1.807) is 18.2 Å². The zero-order valence-electron chi connectivity index (χ0n) is 12.5. The fraction of sp³-hybridized carbons (Fsp3) is 0. The van der Waals surface area contributed by atoms with Crippen LogP contribution in [0.15, 0.2) is 47.3 Å². The molecule has 5 rings (SSSR count). The smallest absolute Gasteiger partial charge is 0.268 e. The second kappa shape index (κ2) is 4.88. The van der Waals surface area contributed by atoms with Crippen molar-refractivity contribution in [1.29, 1.82) is 0 Å². The summed E-state index contributed by atoms with van der Waals surface area (Å²) in [6.07, 6.45) is 0. The summed E-state index contributed by atoms with van der Waals surface area (Å²) in [5.74, 6) is -0.434. The highest BCUT2D eigenvalue weighted by Gasteiger charge is 2.33. The molecule has 1 aliphatic heterocycles. The van der Waals surface area contributed by atoms with Crippen LogP contribution in [0.2, 0.25) is 10.0 Å². The highest BCUT2D eigenvalue weighted by atomic mass is 35.5. The molecule has 25 heavy (non-hydrogen) atoms. The monoisotopic (exact) mass is 367 g/mol. The van der Waals surface area contributed by atoms with E-state index in [1.165, 1.54) is 4.57 Å². The van der Waals surface area contributed by atoms with E-state index in [0.29, 0.717) is 16.6 Å². The van der Waals surface area contributed by atoms with Crippen LogP contribution in [-0.4, -0.2) is 20.3 Å². The maximum Gasteiger partial charge on any atom is 0.268 e. The van der Waals surface area contributed by atoms with E-state index in [1.807, 2.05) is 24.3 Å². The van der Waals surface area contributed by atoms with Crippen LogP contribution < -0.4 is 5.56 Å². The molecule has 0 saturated carbocycles. The van der Waals surface area contributed by atoms with Crippen molar-refractivity contribution in [2.24, 2.45) is 0 Å². The highest BCUT2D eigenvalue weighted by Crippen LogP contribution is 2.36. The molecule has 0 bridgehead atoms. The summed E-state index contributed by atoms with van der Waals surface area (Å²) in [7, 11) is 0. The van der Waals surface area contributed by atoms with Crippen molar-refractivity contribution in [2.75, 3.05) is 0 Å². The lowest BCUT2D eigenvalue weighted by atomic mass is 10.1. The lowest BCUT2D eigenvalue weighted by Crippen LogP contribution is -2.22. The normalized spacial score (nSPS) is 12.6. The van der Waals surface area contributed by atoms with Gasteiger partial charge < -0.3 is 0 Å². The third-order valence-electron chi connectivity index (χ3n) is 4.30. The molecule has 5 nitrogen and oxygen atoms in total. The van der Waals surface area contributed by atoms with E-state index in [-0.39, 0.29) is 32.6 Å². The molecule has 0 amide bonds. The zero-order chi connectivity index (χ0) is 17.3. The van der Waals surface area contributed by atoms with E-state index in [4.69, 9.17) is 23.2 Å². The summed E-state index contributed by atoms with van der Waals surface area (Å²) in [6, 6.07) is 12.3. The lowest BCUT2D eigenvalue weighted by molar-refractivity contribution is 0.103. The number of pyridine rings is 1.